The van der Waals surface area contributed by atoms with Crippen molar-refractivity contribution in [2.24, 2.45) is 0 Å². The zero-order chi connectivity index (χ0) is 15.9. The summed E-state index contributed by atoms with van der Waals surface area (Å²) in [7, 11) is 2.10. The maximum atomic E-state index is 12.2. The van der Waals surface area contributed by atoms with Crippen LogP contribution in [0.2, 0.25) is 0 Å². The van der Waals surface area contributed by atoms with Gasteiger partial charge in [0.15, 0.2) is 0 Å². The lowest BCUT2D eigenvalue weighted by Crippen LogP contribution is -2.09. The van der Waals surface area contributed by atoms with E-state index < -0.39 is 9.05 Å². The third-order valence-corrected chi connectivity index (χ3v) is 7.25. The van der Waals surface area contributed by atoms with Crippen molar-refractivity contribution in [3.8, 4) is 0 Å². The van der Waals surface area contributed by atoms with Gasteiger partial charge in [0, 0.05) is 10.7 Å². The predicted octanol–water partition coefficient (Wildman–Crippen LogP) is 5.55. The molecule has 0 aliphatic heterocycles. The Hall–Kier alpha value is -0.540. The van der Waals surface area contributed by atoms with Gasteiger partial charge < -0.3 is 0 Å². The molecule has 1 aromatic rings. The third-order valence-electron chi connectivity index (χ3n) is 5.69. The van der Waals surface area contributed by atoms with Crippen LogP contribution in [0.25, 0.3) is 0 Å². The molecule has 22 heavy (non-hydrogen) atoms. The fourth-order valence-corrected chi connectivity index (χ4v) is 6.28. The molecule has 0 amide bonds. The van der Waals surface area contributed by atoms with E-state index in [9.17, 15) is 8.42 Å². The number of halogens is 1. The number of hydrogen-bond acceptors (Lipinski definition) is 2. The van der Waals surface area contributed by atoms with Crippen LogP contribution >= 0.6 is 10.7 Å². The van der Waals surface area contributed by atoms with E-state index in [0.29, 0.717) is 16.7 Å². The highest BCUT2D eigenvalue weighted by Crippen LogP contribution is 2.44. The summed E-state index contributed by atoms with van der Waals surface area (Å²) in [6.07, 6.45) is 9.70. The summed E-state index contributed by atoms with van der Waals surface area (Å²) in [5, 5.41) is 0. The van der Waals surface area contributed by atoms with Gasteiger partial charge in [-0.2, -0.15) is 0 Å². The Morgan fingerprint density at radius 1 is 0.864 bits per heavy atom. The highest BCUT2D eigenvalue weighted by Gasteiger charge is 2.29. The maximum Gasteiger partial charge on any atom is 0.261 e. The van der Waals surface area contributed by atoms with Crippen molar-refractivity contribution in [1.82, 2.24) is 0 Å². The Morgan fingerprint density at radius 2 is 1.23 bits per heavy atom. The van der Waals surface area contributed by atoms with Crippen LogP contribution in [0, 0.1) is 13.8 Å². The highest BCUT2D eigenvalue weighted by molar-refractivity contribution is 8.13. The summed E-state index contributed by atoms with van der Waals surface area (Å²) in [6.45, 7) is 3.88. The highest BCUT2D eigenvalue weighted by atomic mass is 35.7. The molecule has 0 heterocycles. The molecule has 2 fully saturated rings. The minimum Gasteiger partial charge on any atom is -0.207 e. The van der Waals surface area contributed by atoms with Crippen LogP contribution < -0.4 is 0 Å². The van der Waals surface area contributed by atoms with Crippen LogP contribution in [0.15, 0.2) is 11.0 Å². The lowest BCUT2D eigenvalue weighted by molar-refractivity contribution is 0.606. The topological polar surface area (TPSA) is 34.1 Å². The quantitative estimate of drug-likeness (QED) is 0.676. The van der Waals surface area contributed by atoms with E-state index in [1.165, 1.54) is 62.5 Å². The first-order chi connectivity index (χ1) is 10.4. The molecule has 2 nitrogen and oxygen atoms in total. The fraction of sp³-hybridized carbons (Fsp3) is 0.667. The Bertz CT molecular complexity index is 627. The van der Waals surface area contributed by atoms with Gasteiger partial charge in [-0.1, -0.05) is 31.7 Å². The third kappa shape index (κ3) is 2.94. The standard InChI is InChI=1S/C18H25ClO2S/c1-12-16(14-7-3-4-8-14)11-17(15-9-5-6-10-15)13(2)18(12)22(19,20)21/h11,14-15H,3-10H2,1-2H3. The van der Waals surface area contributed by atoms with Crippen molar-refractivity contribution < 1.29 is 8.42 Å². The second kappa shape index (κ2) is 6.16. The van der Waals surface area contributed by atoms with Gasteiger partial charge in [-0.15, -0.1) is 0 Å². The molecule has 2 saturated carbocycles. The summed E-state index contributed by atoms with van der Waals surface area (Å²) in [6, 6.07) is 2.32. The maximum absolute atomic E-state index is 12.2. The Morgan fingerprint density at radius 3 is 1.55 bits per heavy atom. The minimum atomic E-state index is -3.70. The van der Waals surface area contributed by atoms with E-state index >= 15 is 0 Å². The van der Waals surface area contributed by atoms with Gasteiger partial charge in [0.25, 0.3) is 9.05 Å². The van der Waals surface area contributed by atoms with Crippen LogP contribution in [0.3, 0.4) is 0 Å². The van der Waals surface area contributed by atoms with Crippen molar-refractivity contribution in [2.75, 3.05) is 0 Å². The normalized spacial score (nSPS) is 20.9. The molecule has 1 aromatic carbocycles. The van der Waals surface area contributed by atoms with Gasteiger partial charge in [0.1, 0.15) is 0 Å². The van der Waals surface area contributed by atoms with Gasteiger partial charge in [-0.3, -0.25) is 0 Å². The minimum absolute atomic E-state index is 0.389. The van der Waals surface area contributed by atoms with Gasteiger partial charge >= 0.3 is 0 Å². The summed E-state index contributed by atoms with van der Waals surface area (Å²) in [5.74, 6) is 1.02. The number of benzene rings is 1. The summed E-state index contributed by atoms with van der Waals surface area (Å²) >= 11 is 0. The van der Waals surface area contributed by atoms with Crippen LogP contribution in [-0.2, 0) is 9.05 Å². The molecule has 4 heteroatoms. The summed E-state index contributed by atoms with van der Waals surface area (Å²) < 4.78 is 24.3. The summed E-state index contributed by atoms with van der Waals surface area (Å²) in [5.41, 5.74) is 4.26. The van der Waals surface area contributed by atoms with Crippen molar-refractivity contribution in [3.63, 3.8) is 0 Å². The Balaban J connectivity index is 2.19. The van der Waals surface area contributed by atoms with Gasteiger partial charge in [-0.05, 0) is 73.6 Å². The van der Waals surface area contributed by atoms with Gasteiger partial charge in [-0.25, -0.2) is 8.42 Å². The molecule has 122 valence electrons. The van der Waals surface area contributed by atoms with Crippen LogP contribution in [0.5, 0.6) is 0 Å². The van der Waals surface area contributed by atoms with E-state index in [4.69, 9.17) is 10.7 Å². The Kier molecular flexibility index (Phi) is 4.57. The molecule has 0 unspecified atom stereocenters. The molecular formula is C18H25ClO2S. The smallest absolute Gasteiger partial charge is 0.207 e. The van der Waals surface area contributed by atoms with Crippen molar-refractivity contribution in [3.05, 3.63) is 28.3 Å². The van der Waals surface area contributed by atoms with Crippen LogP contribution in [0.4, 0.5) is 0 Å². The second-order valence-corrected chi connectivity index (χ2v) is 9.54. The SMILES string of the molecule is Cc1c(C2CCCC2)cc(C2CCCC2)c(C)c1S(=O)(=O)Cl. The molecule has 0 spiro atoms. The molecule has 2 aliphatic carbocycles. The van der Waals surface area contributed by atoms with Crippen LogP contribution in [0.1, 0.15) is 85.5 Å². The number of rotatable bonds is 3. The van der Waals surface area contributed by atoms with E-state index in [1.54, 1.807) is 0 Å². The molecule has 0 aromatic heterocycles. The zero-order valence-electron chi connectivity index (χ0n) is 13.5. The van der Waals surface area contributed by atoms with Crippen molar-refractivity contribution >= 4 is 19.7 Å². The largest absolute Gasteiger partial charge is 0.261 e. The molecule has 3 rings (SSSR count). The lowest BCUT2D eigenvalue weighted by atomic mass is 9.85. The molecule has 0 N–H and O–H groups in total. The van der Waals surface area contributed by atoms with E-state index in [-0.39, 0.29) is 0 Å². The van der Waals surface area contributed by atoms with Crippen molar-refractivity contribution in [2.45, 2.75) is 81.9 Å². The first kappa shape index (κ1) is 16.3. The molecule has 2 aliphatic rings. The van der Waals surface area contributed by atoms with Gasteiger partial charge in [0.2, 0.25) is 0 Å². The molecule has 0 saturated heterocycles. The summed E-state index contributed by atoms with van der Waals surface area (Å²) in [4.78, 5) is 0.389. The molecule has 0 bridgehead atoms. The first-order valence-corrected chi connectivity index (χ1v) is 10.8. The second-order valence-electron chi connectivity index (χ2n) is 7.03. The lowest BCUT2D eigenvalue weighted by Gasteiger charge is -2.23. The van der Waals surface area contributed by atoms with Crippen LogP contribution in [-0.4, -0.2) is 8.42 Å². The number of hydrogen-bond donors (Lipinski definition) is 0. The molecule has 0 atom stereocenters. The van der Waals surface area contributed by atoms with Crippen molar-refractivity contribution in [1.29, 1.82) is 0 Å². The van der Waals surface area contributed by atoms with E-state index in [0.717, 1.165) is 11.1 Å². The average molecular weight is 341 g/mol. The first-order valence-electron chi connectivity index (χ1n) is 8.48. The van der Waals surface area contributed by atoms with E-state index in [2.05, 4.69) is 6.07 Å². The fourth-order valence-electron chi connectivity index (χ4n) is 4.61. The molecular weight excluding hydrogens is 316 g/mol. The molecule has 0 radical (unpaired) electrons. The van der Waals surface area contributed by atoms with Gasteiger partial charge in [0.05, 0.1) is 4.90 Å². The average Bonchev–Trinajstić information content (AvgIpc) is 3.10. The zero-order valence-corrected chi connectivity index (χ0v) is 15.1. The van der Waals surface area contributed by atoms with E-state index in [1.807, 2.05) is 13.8 Å². The predicted molar refractivity (Wildman–Crippen MR) is 91.4 cm³/mol. The Labute approximate surface area is 138 Å². The monoisotopic (exact) mass is 340 g/mol.